The van der Waals surface area contributed by atoms with Gasteiger partial charge in [-0.15, -0.1) is 11.3 Å². The van der Waals surface area contributed by atoms with Crippen LogP contribution < -0.4 is 5.32 Å². The third-order valence-corrected chi connectivity index (χ3v) is 6.23. The lowest BCUT2D eigenvalue weighted by atomic mass is 9.95. The fraction of sp³-hybridized carbons (Fsp3) is 0.400. The average molecular weight is 369 g/mol. The number of carbonyl (C=O) groups is 2. The fourth-order valence-corrected chi connectivity index (χ4v) is 4.67. The summed E-state index contributed by atoms with van der Waals surface area (Å²) in [6, 6.07) is 11.5. The van der Waals surface area contributed by atoms with Crippen molar-refractivity contribution in [1.29, 1.82) is 0 Å². The third-order valence-electron chi connectivity index (χ3n) is 5.20. The van der Waals surface area contributed by atoms with Gasteiger partial charge in [0.1, 0.15) is 0 Å². The molecule has 4 rings (SSSR count). The van der Waals surface area contributed by atoms with Crippen molar-refractivity contribution in [3.8, 4) is 0 Å². The summed E-state index contributed by atoms with van der Waals surface area (Å²) in [7, 11) is 0. The Morgan fingerprint density at radius 3 is 2.77 bits per heavy atom. The fourth-order valence-electron chi connectivity index (χ4n) is 3.78. The molecule has 6 heteroatoms. The average Bonchev–Trinajstić information content (AvgIpc) is 3.16. The van der Waals surface area contributed by atoms with Gasteiger partial charge >= 0.3 is 6.03 Å². The van der Waals surface area contributed by atoms with Crippen LogP contribution in [0.1, 0.15) is 23.3 Å². The maximum atomic E-state index is 13.0. The van der Waals surface area contributed by atoms with Crippen molar-refractivity contribution in [2.75, 3.05) is 25.0 Å². The normalized spacial score (nSPS) is 19.8. The number of carbonyl (C=O) groups excluding carboxylic acids is 2. The first-order valence-electron chi connectivity index (χ1n) is 9.16. The summed E-state index contributed by atoms with van der Waals surface area (Å²) < 4.78 is 0. The number of hydrogen-bond acceptors (Lipinski definition) is 3. The summed E-state index contributed by atoms with van der Waals surface area (Å²) in [6.45, 7) is 2.71. The molecule has 3 amide bonds. The second-order valence-electron chi connectivity index (χ2n) is 6.96. The maximum absolute atomic E-state index is 13.0. The second-order valence-corrected chi connectivity index (χ2v) is 7.96. The van der Waals surface area contributed by atoms with E-state index in [1.807, 2.05) is 35.2 Å². The molecule has 0 bridgehead atoms. The summed E-state index contributed by atoms with van der Waals surface area (Å²) in [5.74, 6) is 0.101. The summed E-state index contributed by atoms with van der Waals surface area (Å²) in [5, 5.41) is 5.03. The Labute approximate surface area is 157 Å². The lowest BCUT2D eigenvalue weighted by molar-refractivity contribution is -0.137. The largest absolute Gasteiger partial charge is 0.338 e. The minimum Gasteiger partial charge on any atom is -0.338 e. The highest BCUT2D eigenvalue weighted by atomic mass is 32.1. The summed E-state index contributed by atoms with van der Waals surface area (Å²) in [5.41, 5.74) is 2.07. The zero-order valence-electron chi connectivity index (χ0n) is 14.7. The molecule has 0 saturated carbocycles. The molecule has 1 aromatic heterocycles. The molecule has 26 heavy (non-hydrogen) atoms. The molecule has 1 N–H and O–H groups in total. The lowest BCUT2D eigenvalue weighted by Crippen LogP contribution is -2.48. The molecule has 0 radical (unpaired) electrons. The van der Waals surface area contributed by atoms with E-state index < -0.39 is 0 Å². The van der Waals surface area contributed by atoms with E-state index in [9.17, 15) is 9.59 Å². The zero-order valence-corrected chi connectivity index (χ0v) is 15.5. The van der Waals surface area contributed by atoms with Gasteiger partial charge in [0.05, 0.1) is 5.92 Å². The van der Waals surface area contributed by atoms with E-state index in [1.54, 1.807) is 16.2 Å². The van der Waals surface area contributed by atoms with Crippen molar-refractivity contribution in [3.05, 3.63) is 52.2 Å². The van der Waals surface area contributed by atoms with Gasteiger partial charge in [0.2, 0.25) is 5.91 Å². The van der Waals surface area contributed by atoms with E-state index in [2.05, 4.69) is 16.8 Å². The van der Waals surface area contributed by atoms with Gasteiger partial charge in [0.15, 0.2) is 0 Å². The second kappa shape index (κ2) is 7.50. The maximum Gasteiger partial charge on any atom is 0.321 e. The van der Waals surface area contributed by atoms with Gasteiger partial charge in [0, 0.05) is 36.7 Å². The van der Waals surface area contributed by atoms with E-state index in [1.165, 1.54) is 10.4 Å². The molecule has 2 aromatic rings. The molecular weight excluding hydrogens is 346 g/mol. The molecule has 1 atom stereocenters. The van der Waals surface area contributed by atoms with Crippen LogP contribution >= 0.6 is 11.3 Å². The standard InChI is InChI=1S/C20H23N3O2S/c24-19(22-11-8-18-15(13-22)9-12-26-18)16-5-4-10-23(14-16)20(25)21-17-6-2-1-3-7-17/h1-3,6-7,9,12,16H,4-5,8,10-11,13-14H2,(H,21,25). The molecule has 1 saturated heterocycles. The predicted octanol–water partition coefficient (Wildman–Crippen LogP) is 3.58. The molecule has 0 aliphatic carbocycles. The Kier molecular flexibility index (Phi) is 4.93. The number of rotatable bonds is 2. The summed E-state index contributed by atoms with van der Waals surface area (Å²) in [4.78, 5) is 30.7. The quantitative estimate of drug-likeness (QED) is 0.880. The number of urea groups is 1. The van der Waals surface area contributed by atoms with Crippen molar-refractivity contribution in [2.24, 2.45) is 5.92 Å². The Bertz CT molecular complexity index is 789. The van der Waals surface area contributed by atoms with Crippen molar-refractivity contribution in [1.82, 2.24) is 9.80 Å². The molecule has 3 heterocycles. The number of piperidine rings is 1. The number of likely N-dealkylation sites (tertiary alicyclic amines) is 1. The van der Waals surface area contributed by atoms with Crippen LogP contribution in [0.2, 0.25) is 0 Å². The van der Waals surface area contributed by atoms with E-state index in [4.69, 9.17) is 0 Å². The van der Waals surface area contributed by atoms with E-state index in [0.717, 1.165) is 31.5 Å². The highest BCUT2D eigenvalue weighted by molar-refractivity contribution is 7.10. The molecule has 5 nitrogen and oxygen atoms in total. The lowest BCUT2D eigenvalue weighted by Gasteiger charge is -2.36. The zero-order chi connectivity index (χ0) is 17.9. The number of benzene rings is 1. The number of nitrogens with one attached hydrogen (secondary N) is 1. The van der Waals surface area contributed by atoms with E-state index >= 15 is 0 Å². The van der Waals surface area contributed by atoms with Gasteiger partial charge in [-0.2, -0.15) is 0 Å². The van der Waals surface area contributed by atoms with Gasteiger partial charge in [0.25, 0.3) is 0 Å². The summed E-state index contributed by atoms with van der Waals surface area (Å²) >= 11 is 1.78. The van der Waals surface area contributed by atoms with Crippen LogP contribution in [0.4, 0.5) is 10.5 Å². The molecule has 2 aliphatic rings. The SMILES string of the molecule is O=C(Nc1ccccc1)N1CCCC(C(=O)N2CCc3sccc3C2)C1. The van der Waals surface area contributed by atoms with Crippen LogP contribution in [0.5, 0.6) is 0 Å². The molecule has 0 spiro atoms. The van der Waals surface area contributed by atoms with Gasteiger partial charge in [-0.25, -0.2) is 4.79 Å². The predicted molar refractivity (Wildman–Crippen MR) is 103 cm³/mol. The van der Waals surface area contributed by atoms with Crippen LogP contribution in [-0.2, 0) is 17.8 Å². The molecule has 136 valence electrons. The van der Waals surface area contributed by atoms with Gasteiger partial charge in [-0.3, -0.25) is 4.79 Å². The topological polar surface area (TPSA) is 52.7 Å². The Balaban J connectivity index is 1.37. The number of hydrogen-bond donors (Lipinski definition) is 1. The Morgan fingerprint density at radius 2 is 1.92 bits per heavy atom. The van der Waals surface area contributed by atoms with Crippen LogP contribution in [0, 0.1) is 5.92 Å². The molecule has 2 aliphatic heterocycles. The van der Waals surface area contributed by atoms with Crippen molar-refractivity contribution in [2.45, 2.75) is 25.8 Å². The number of amides is 3. The van der Waals surface area contributed by atoms with Gasteiger partial charge in [-0.05, 0) is 48.4 Å². The highest BCUT2D eigenvalue weighted by Gasteiger charge is 2.32. The number of nitrogens with zero attached hydrogens (tertiary/aromatic N) is 2. The monoisotopic (exact) mass is 369 g/mol. The molecule has 1 unspecified atom stereocenters. The van der Waals surface area contributed by atoms with Gasteiger partial charge < -0.3 is 15.1 Å². The van der Waals surface area contributed by atoms with Crippen molar-refractivity contribution >= 4 is 29.0 Å². The van der Waals surface area contributed by atoms with Crippen LogP contribution in [0.3, 0.4) is 0 Å². The first kappa shape index (κ1) is 17.1. The number of fused-ring (bicyclic) bond motifs is 1. The number of anilines is 1. The van der Waals surface area contributed by atoms with E-state index in [-0.39, 0.29) is 17.9 Å². The van der Waals surface area contributed by atoms with E-state index in [0.29, 0.717) is 19.6 Å². The Hall–Kier alpha value is -2.34. The number of thiophene rings is 1. The first-order chi connectivity index (χ1) is 12.7. The summed E-state index contributed by atoms with van der Waals surface area (Å²) in [6.07, 6.45) is 2.68. The Morgan fingerprint density at radius 1 is 1.08 bits per heavy atom. The minimum absolute atomic E-state index is 0.0922. The third kappa shape index (κ3) is 3.60. The molecule has 1 fully saturated rings. The molecule has 1 aromatic carbocycles. The highest BCUT2D eigenvalue weighted by Crippen LogP contribution is 2.27. The smallest absolute Gasteiger partial charge is 0.321 e. The van der Waals surface area contributed by atoms with Crippen molar-refractivity contribution < 1.29 is 9.59 Å². The minimum atomic E-state index is -0.118. The van der Waals surface area contributed by atoms with Gasteiger partial charge in [-0.1, -0.05) is 18.2 Å². The van der Waals surface area contributed by atoms with Crippen molar-refractivity contribution in [3.63, 3.8) is 0 Å². The number of para-hydroxylation sites is 1. The molecular formula is C20H23N3O2S. The van der Waals surface area contributed by atoms with Crippen LogP contribution in [-0.4, -0.2) is 41.4 Å². The van der Waals surface area contributed by atoms with Crippen LogP contribution in [0.25, 0.3) is 0 Å². The van der Waals surface area contributed by atoms with Crippen LogP contribution in [0.15, 0.2) is 41.8 Å². The first-order valence-corrected chi connectivity index (χ1v) is 10.0.